The first-order valence-electron chi connectivity index (χ1n) is 4.77. The van der Waals surface area contributed by atoms with Crippen LogP contribution in [0.4, 0.5) is 13.2 Å². The van der Waals surface area contributed by atoms with E-state index < -0.39 is 13.0 Å². The quantitative estimate of drug-likeness (QED) is 0.495. The summed E-state index contributed by atoms with van der Waals surface area (Å²) in [5, 5.41) is 7.49. The maximum absolute atomic E-state index is 11.7. The average Bonchev–Trinajstić information content (AvgIpc) is 2.22. The molecule has 100 valence electrons. The van der Waals surface area contributed by atoms with Crippen LogP contribution in [0.1, 0.15) is 5.56 Å². The lowest BCUT2D eigenvalue weighted by atomic mass is 10.2. The highest BCUT2D eigenvalue weighted by Gasteiger charge is 2.28. The molecule has 18 heavy (non-hydrogen) atoms. The van der Waals surface area contributed by atoms with Gasteiger partial charge in [0.15, 0.2) is 0 Å². The molecule has 0 amide bonds. The molecular formula is C10H10ClF3N2O2. The number of alkyl halides is 3. The van der Waals surface area contributed by atoms with Crippen LogP contribution < -0.4 is 10.5 Å². The van der Waals surface area contributed by atoms with Gasteiger partial charge in [-0.1, -0.05) is 17.7 Å². The topological polar surface area (TPSA) is 68.3 Å². The molecule has 1 aromatic carbocycles. The molecule has 4 nitrogen and oxygen atoms in total. The maximum Gasteiger partial charge on any atom is 0.522 e. The Morgan fingerprint density at radius 1 is 1.33 bits per heavy atom. The molecule has 0 radical (unpaired) electrons. The molecule has 0 spiro atoms. The molecule has 1 rings (SSSR count). The Bertz CT molecular complexity index is 438. The number of benzene rings is 1. The highest BCUT2D eigenvalue weighted by atomic mass is 35.5. The smallest absolute Gasteiger partial charge is 0.490 e. The van der Waals surface area contributed by atoms with Crippen LogP contribution in [0, 0.1) is 5.41 Å². The first-order chi connectivity index (χ1) is 8.31. The number of hydrogen-bond donors (Lipinski definition) is 2. The van der Waals surface area contributed by atoms with E-state index >= 15 is 0 Å². The number of nitrogens with one attached hydrogen (secondary N) is 1. The molecule has 0 unspecified atom stereocenters. The number of rotatable bonds is 5. The van der Waals surface area contributed by atoms with Crippen LogP contribution in [0.5, 0.6) is 5.75 Å². The fourth-order valence-corrected chi connectivity index (χ4v) is 1.46. The Morgan fingerprint density at radius 3 is 2.56 bits per heavy atom. The molecule has 0 bridgehead atoms. The number of ether oxygens (including phenoxy) is 2. The Hall–Kier alpha value is -1.47. The van der Waals surface area contributed by atoms with E-state index in [1.165, 1.54) is 18.2 Å². The molecule has 8 heteroatoms. The van der Waals surface area contributed by atoms with Crippen LogP contribution in [0.15, 0.2) is 18.2 Å². The van der Waals surface area contributed by atoms with Crippen LogP contribution in [0.2, 0.25) is 5.02 Å². The minimum Gasteiger partial charge on any atom is -0.490 e. The standard InChI is InChI=1S/C10H10ClF3N2O2/c11-6-2-1-3-7(8(6)9(15)16)17-4-5-18-10(12,13)14/h1-3H,4-5H2,(H3,15,16). The van der Waals surface area contributed by atoms with Crippen molar-refractivity contribution in [1.29, 1.82) is 5.41 Å². The summed E-state index contributed by atoms with van der Waals surface area (Å²) in [7, 11) is 0. The molecule has 0 aliphatic carbocycles. The van der Waals surface area contributed by atoms with Gasteiger partial charge in [0, 0.05) is 0 Å². The van der Waals surface area contributed by atoms with Gasteiger partial charge >= 0.3 is 6.36 Å². The summed E-state index contributed by atoms with van der Waals surface area (Å²) in [6.45, 7) is -0.993. The van der Waals surface area contributed by atoms with Crippen LogP contribution in [0.3, 0.4) is 0 Å². The molecular weight excluding hydrogens is 273 g/mol. The minimum absolute atomic E-state index is 0.140. The predicted molar refractivity (Wildman–Crippen MR) is 60.0 cm³/mol. The van der Waals surface area contributed by atoms with Crippen LogP contribution in [-0.4, -0.2) is 25.4 Å². The second kappa shape index (κ2) is 5.92. The fourth-order valence-electron chi connectivity index (χ4n) is 1.20. The van der Waals surface area contributed by atoms with Gasteiger partial charge in [-0.25, -0.2) is 0 Å². The highest BCUT2D eigenvalue weighted by Crippen LogP contribution is 2.26. The van der Waals surface area contributed by atoms with Gasteiger partial charge in [-0.15, -0.1) is 13.2 Å². The monoisotopic (exact) mass is 282 g/mol. The van der Waals surface area contributed by atoms with Crippen molar-refractivity contribution >= 4 is 17.4 Å². The van der Waals surface area contributed by atoms with Gasteiger partial charge in [0.25, 0.3) is 0 Å². The molecule has 0 heterocycles. The van der Waals surface area contributed by atoms with E-state index in [0.717, 1.165) is 0 Å². The van der Waals surface area contributed by atoms with Crippen LogP contribution >= 0.6 is 11.6 Å². The van der Waals surface area contributed by atoms with Gasteiger partial charge in [-0.05, 0) is 12.1 Å². The average molecular weight is 283 g/mol. The number of amidine groups is 1. The van der Waals surface area contributed by atoms with E-state index in [4.69, 9.17) is 27.5 Å². The molecule has 1 aromatic rings. The van der Waals surface area contributed by atoms with Gasteiger partial charge in [-0.3, -0.25) is 10.1 Å². The summed E-state index contributed by atoms with van der Waals surface area (Å²) < 4.78 is 43.7. The molecule has 0 aromatic heterocycles. The van der Waals surface area contributed by atoms with Crippen molar-refractivity contribution in [2.24, 2.45) is 5.73 Å². The summed E-state index contributed by atoms with van der Waals surface area (Å²) in [6.07, 6.45) is -4.69. The first-order valence-corrected chi connectivity index (χ1v) is 5.15. The van der Waals surface area contributed by atoms with Crippen LogP contribution in [0.25, 0.3) is 0 Å². The zero-order chi connectivity index (χ0) is 13.8. The van der Waals surface area contributed by atoms with Crippen molar-refractivity contribution in [3.63, 3.8) is 0 Å². The first kappa shape index (κ1) is 14.6. The third-order valence-electron chi connectivity index (χ3n) is 1.85. The van der Waals surface area contributed by atoms with Crippen molar-refractivity contribution in [3.05, 3.63) is 28.8 Å². The Kier molecular flexibility index (Phi) is 4.80. The summed E-state index contributed by atoms with van der Waals surface area (Å²) in [4.78, 5) is 0. The lowest BCUT2D eigenvalue weighted by Gasteiger charge is -2.12. The molecule has 0 saturated heterocycles. The normalized spacial score (nSPS) is 11.3. The number of nitrogens with two attached hydrogens (primary N) is 1. The molecule has 0 aliphatic rings. The fraction of sp³-hybridized carbons (Fsp3) is 0.300. The lowest BCUT2D eigenvalue weighted by Crippen LogP contribution is -2.19. The van der Waals surface area contributed by atoms with Gasteiger partial charge in [0.2, 0.25) is 0 Å². The largest absolute Gasteiger partial charge is 0.522 e. The molecule has 0 atom stereocenters. The van der Waals surface area contributed by atoms with E-state index in [9.17, 15) is 13.2 Å². The molecule has 0 saturated carbocycles. The third-order valence-corrected chi connectivity index (χ3v) is 2.17. The minimum atomic E-state index is -4.69. The SMILES string of the molecule is N=C(N)c1c(Cl)cccc1OCCOC(F)(F)F. The van der Waals surface area contributed by atoms with Crippen molar-refractivity contribution < 1.29 is 22.6 Å². The Morgan fingerprint density at radius 2 is 2.00 bits per heavy atom. The summed E-state index contributed by atoms with van der Waals surface area (Å²) in [5.74, 6) is -0.187. The Balaban J connectivity index is 2.63. The summed E-state index contributed by atoms with van der Waals surface area (Å²) in [6, 6.07) is 4.49. The van der Waals surface area contributed by atoms with E-state index in [2.05, 4.69) is 4.74 Å². The molecule has 3 N–H and O–H groups in total. The summed E-state index contributed by atoms with van der Waals surface area (Å²) >= 11 is 5.80. The van der Waals surface area contributed by atoms with Gasteiger partial charge < -0.3 is 10.5 Å². The number of nitrogen functional groups attached to an aromatic ring is 1. The van der Waals surface area contributed by atoms with Crippen molar-refractivity contribution in [2.45, 2.75) is 6.36 Å². The summed E-state index contributed by atoms with van der Waals surface area (Å²) in [5.41, 5.74) is 5.44. The second-order valence-electron chi connectivity index (χ2n) is 3.17. The predicted octanol–water partition coefficient (Wildman–Crippen LogP) is 2.54. The van der Waals surface area contributed by atoms with E-state index in [1.807, 2.05) is 0 Å². The van der Waals surface area contributed by atoms with Crippen molar-refractivity contribution in [3.8, 4) is 5.75 Å². The number of hydrogen-bond acceptors (Lipinski definition) is 3. The van der Waals surface area contributed by atoms with Gasteiger partial charge in [0.1, 0.15) is 18.2 Å². The number of halogens is 4. The highest BCUT2D eigenvalue weighted by molar-refractivity contribution is 6.34. The van der Waals surface area contributed by atoms with E-state index in [0.29, 0.717) is 0 Å². The Labute approximate surface area is 106 Å². The molecule has 0 aliphatic heterocycles. The zero-order valence-electron chi connectivity index (χ0n) is 9.05. The van der Waals surface area contributed by atoms with Crippen LogP contribution in [-0.2, 0) is 4.74 Å². The van der Waals surface area contributed by atoms with E-state index in [1.54, 1.807) is 0 Å². The maximum atomic E-state index is 11.7. The third kappa shape index (κ3) is 4.42. The second-order valence-corrected chi connectivity index (χ2v) is 3.58. The van der Waals surface area contributed by atoms with Gasteiger partial charge in [0.05, 0.1) is 17.2 Å². The van der Waals surface area contributed by atoms with Crippen molar-refractivity contribution in [1.82, 2.24) is 0 Å². The lowest BCUT2D eigenvalue weighted by molar-refractivity contribution is -0.325. The van der Waals surface area contributed by atoms with E-state index in [-0.39, 0.29) is 28.8 Å². The zero-order valence-corrected chi connectivity index (χ0v) is 9.81. The molecule has 0 fully saturated rings. The van der Waals surface area contributed by atoms with Crippen molar-refractivity contribution in [2.75, 3.05) is 13.2 Å². The van der Waals surface area contributed by atoms with Gasteiger partial charge in [-0.2, -0.15) is 0 Å².